The number of carbonyl (C=O) groups excluding carboxylic acids is 1. The molecule has 0 amide bonds. The van der Waals surface area contributed by atoms with E-state index in [2.05, 4.69) is 13.0 Å². The smallest absolute Gasteiger partial charge is 0.146 e. The molecule has 0 heterocycles. The van der Waals surface area contributed by atoms with E-state index in [1.54, 1.807) is 0 Å². The summed E-state index contributed by atoms with van der Waals surface area (Å²) in [6.45, 7) is 2.06. The van der Waals surface area contributed by atoms with Crippen molar-refractivity contribution in [2.75, 3.05) is 0 Å². The molecule has 0 saturated carbocycles. The zero-order valence-electron chi connectivity index (χ0n) is 5.50. The summed E-state index contributed by atoms with van der Waals surface area (Å²) in [6, 6.07) is 0. The first-order chi connectivity index (χ1) is 4.34. The molecule has 0 saturated heterocycles. The molecule has 0 unspecified atom stereocenters. The maximum Gasteiger partial charge on any atom is 0.146 e. The summed E-state index contributed by atoms with van der Waals surface area (Å²) in [5.74, 6) is 0.424. The quantitative estimate of drug-likeness (QED) is 0.484. The molecule has 0 N–H and O–H groups in total. The van der Waals surface area contributed by atoms with Crippen LogP contribution >= 0.6 is 0 Å². The Morgan fingerprint density at radius 2 is 2.56 bits per heavy atom. The lowest BCUT2D eigenvalue weighted by Crippen LogP contribution is -2.01. The van der Waals surface area contributed by atoms with Crippen LogP contribution in [0.25, 0.3) is 0 Å². The maximum atomic E-state index is 10.3. The van der Waals surface area contributed by atoms with E-state index in [1.165, 1.54) is 0 Å². The molecule has 0 aromatic rings. The van der Waals surface area contributed by atoms with Crippen molar-refractivity contribution in [3.8, 4) is 0 Å². The van der Waals surface area contributed by atoms with Crippen LogP contribution in [-0.4, -0.2) is 6.29 Å². The molecule has 0 bridgehead atoms. The van der Waals surface area contributed by atoms with Crippen LogP contribution in [0.5, 0.6) is 0 Å². The van der Waals surface area contributed by atoms with Crippen molar-refractivity contribution in [3.63, 3.8) is 0 Å². The minimum Gasteiger partial charge on any atom is -0.298 e. The number of allylic oxidation sites excluding steroid dienone is 4. The van der Waals surface area contributed by atoms with Gasteiger partial charge in [-0.05, 0) is 17.9 Å². The molecule has 1 heteroatoms. The standard InChI is InChI=1S/C8H10O/c1-7-4-2-3-5-8(7)6-9/h2-3,5-7H,4H2,1H3/t7-/m0/s1. The second kappa shape index (κ2) is 2.62. The highest BCUT2D eigenvalue weighted by molar-refractivity contribution is 5.74. The first kappa shape index (κ1) is 6.27. The van der Waals surface area contributed by atoms with Gasteiger partial charge in [0, 0.05) is 0 Å². The van der Waals surface area contributed by atoms with Crippen molar-refractivity contribution in [1.29, 1.82) is 0 Å². The van der Waals surface area contributed by atoms with Crippen LogP contribution in [0.3, 0.4) is 0 Å². The van der Waals surface area contributed by atoms with Crippen LogP contribution in [0.4, 0.5) is 0 Å². The summed E-state index contributed by atoms with van der Waals surface area (Å²) in [4.78, 5) is 10.3. The van der Waals surface area contributed by atoms with Crippen molar-refractivity contribution < 1.29 is 4.79 Å². The summed E-state index contributed by atoms with van der Waals surface area (Å²) in [7, 11) is 0. The third-order valence-corrected chi connectivity index (χ3v) is 1.62. The highest BCUT2D eigenvalue weighted by atomic mass is 16.1. The normalized spacial score (nSPS) is 25.4. The number of hydrogen-bond acceptors (Lipinski definition) is 1. The van der Waals surface area contributed by atoms with E-state index in [1.807, 2.05) is 12.2 Å². The predicted octanol–water partition coefficient (Wildman–Crippen LogP) is 1.71. The van der Waals surface area contributed by atoms with Gasteiger partial charge in [-0.25, -0.2) is 0 Å². The monoisotopic (exact) mass is 122 g/mol. The summed E-state index contributed by atoms with van der Waals surface area (Å²) in [5.41, 5.74) is 0.914. The fourth-order valence-electron chi connectivity index (χ4n) is 0.918. The molecule has 1 aliphatic rings. The average molecular weight is 122 g/mol. The van der Waals surface area contributed by atoms with Crippen molar-refractivity contribution in [1.82, 2.24) is 0 Å². The summed E-state index contributed by atoms with van der Waals surface area (Å²) < 4.78 is 0. The molecule has 1 aliphatic carbocycles. The largest absolute Gasteiger partial charge is 0.298 e. The molecule has 0 aliphatic heterocycles. The van der Waals surface area contributed by atoms with Crippen LogP contribution in [0, 0.1) is 5.92 Å². The van der Waals surface area contributed by atoms with Gasteiger partial charge in [0.2, 0.25) is 0 Å². The molecule has 0 aromatic heterocycles. The molecular formula is C8H10O. The van der Waals surface area contributed by atoms with E-state index in [9.17, 15) is 4.79 Å². The SMILES string of the molecule is C[C@H]1CC=CC=C1C=O. The average Bonchev–Trinajstić information content (AvgIpc) is 1.89. The van der Waals surface area contributed by atoms with Crippen molar-refractivity contribution >= 4 is 6.29 Å². The highest BCUT2D eigenvalue weighted by Crippen LogP contribution is 2.16. The maximum absolute atomic E-state index is 10.3. The first-order valence-electron chi connectivity index (χ1n) is 3.16. The van der Waals surface area contributed by atoms with Gasteiger partial charge in [-0.2, -0.15) is 0 Å². The molecular weight excluding hydrogens is 112 g/mol. The second-order valence-electron chi connectivity index (χ2n) is 2.35. The Bertz CT molecular complexity index is 165. The summed E-state index contributed by atoms with van der Waals surface area (Å²) in [5, 5.41) is 0. The minimum atomic E-state index is 0.424. The third kappa shape index (κ3) is 1.28. The lowest BCUT2D eigenvalue weighted by molar-refractivity contribution is -0.105. The molecule has 9 heavy (non-hydrogen) atoms. The molecule has 1 atom stereocenters. The Kier molecular flexibility index (Phi) is 1.83. The van der Waals surface area contributed by atoms with Gasteiger partial charge in [-0.3, -0.25) is 4.79 Å². The third-order valence-electron chi connectivity index (χ3n) is 1.62. The molecule has 0 spiro atoms. The Labute approximate surface area is 55.1 Å². The highest BCUT2D eigenvalue weighted by Gasteiger charge is 2.06. The summed E-state index contributed by atoms with van der Waals surface area (Å²) in [6.07, 6.45) is 7.83. The first-order valence-corrected chi connectivity index (χ1v) is 3.16. The predicted molar refractivity (Wildman–Crippen MR) is 37.1 cm³/mol. The van der Waals surface area contributed by atoms with Crippen molar-refractivity contribution in [2.24, 2.45) is 5.92 Å². The molecule has 1 rings (SSSR count). The molecule has 1 nitrogen and oxygen atoms in total. The van der Waals surface area contributed by atoms with E-state index in [4.69, 9.17) is 0 Å². The fraction of sp³-hybridized carbons (Fsp3) is 0.375. The van der Waals surface area contributed by atoms with Crippen LogP contribution in [0.1, 0.15) is 13.3 Å². The van der Waals surface area contributed by atoms with Crippen LogP contribution in [-0.2, 0) is 4.79 Å². The van der Waals surface area contributed by atoms with Crippen LogP contribution in [0.2, 0.25) is 0 Å². The Morgan fingerprint density at radius 1 is 1.78 bits per heavy atom. The molecule has 0 fully saturated rings. The zero-order chi connectivity index (χ0) is 6.69. The lowest BCUT2D eigenvalue weighted by atomic mass is 9.95. The Morgan fingerprint density at radius 3 is 3.00 bits per heavy atom. The zero-order valence-corrected chi connectivity index (χ0v) is 5.50. The van der Waals surface area contributed by atoms with Crippen molar-refractivity contribution in [2.45, 2.75) is 13.3 Å². The molecule has 48 valence electrons. The van der Waals surface area contributed by atoms with E-state index in [-0.39, 0.29) is 0 Å². The number of carbonyl (C=O) groups is 1. The number of aldehydes is 1. The van der Waals surface area contributed by atoms with Gasteiger partial charge in [0.15, 0.2) is 0 Å². The topological polar surface area (TPSA) is 17.1 Å². The van der Waals surface area contributed by atoms with Gasteiger partial charge in [0.25, 0.3) is 0 Å². The van der Waals surface area contributed by atoms with Gasteiger partial charge in [0.05, 0.1) is 0 Å². The Hall–Kier alpha value is -0.850. The minimum absolute atomic E-state index is 0.424. The van der Waals surface area contributed by atoms with E-state index >= 15 is 0 Å². The van der Waals surface area contributed by atoms with Gasteiger partial charge in [0.1, 0.15) is 6.29 Å². The number of rotatable bonds is 1. The second-order valence-corrected chi connectivity index (χ2v) is 2.35. The Balaban J connectivity index is 2.74. The number of hydrogen-bond donors (Lipinski definition) is 0. The van der Waals surface area contributed by atoms with E-state index in [0.717, 1.165) is 18.3 Å². The summed E-state index contributed by atoms with van der Waals surface area (Å²) >= 11 is 0. The molecule has 0 radical (unpaired) electrons. The van der Waals surface area contributed by atoms with Gasteiger partial charge in [-0.15, -0.1) is 0 Å². The lowest BCUT2D eigenvalue weighted by Gasteiger charge is -2.09. The van der Waals surface area contributed by atoms with E-state index in [0.29, 0.717) is 5.92 Å². The van der Waals surface area contributed by atoms with Gasteiger partial charge < -0.3 is 0 Å². The van der Waals surface area contributed by atoms with Gasteiger partial charge in [-0.1, -0.05) is 25.2 Å². The molecule has 0 aromatic carbocycles. The fourth-order valence-corrected chi connectivity index (χ4v) is 0.918. The van der Waals surface area contributed by atoms with Crippen LogP contribution < -0.4 is 0 Å². The van der Waals surface area contributed by atoms with Crippen LogP contribution in [0.15, 0.2) is 23.8 Å². The van der Waals surface area contributed by atoms with Gasteiger partial charge >= 0.3 is 0 Å². The van der Waals surface area contributed by atoms with Crippen molar-refractivity contribution in [3.05, 3.63) is 23.8 Å². The van der Waals surface area contributed by atoms with E-state index < -0.39 is 0 Å².